The van der Waals surface area contributed by atoms with Crippen LogP contribution in [0.15, 0.2) is 54.6 Å². The number of fused-ring (bicyclic) bond motifs is 1. The highest BCUT2D eigenvalue weighted by Gasteiger charge is 2.34. The molecular formula is C27H25N3O6S. The molecule has 9 nitrogen and oxygen atoms in total. The summed E-state index contributed by atoms with van der Waals surface area (Å²) in [5, 5.41) is 5.70. The Morgan fingerprint density at radius 2 is 1.54 bits per heavy atom. The fourth-order valence-corrected chi connectivity index (χ4v) is 5.11. The first-order valence-corrected chi connectivity index (χ1v) is 12.6. The molecule has 10 heteroatoms. The molecule has 0 saturated carbocycles. The number of nitrogens with zero attached hydrogens (tertiary/aromatic N) is 1. The van der Waals surface area contributed by atoms with Crippen LogP contribution in [0.1, 0.15) is 66.1 Å². The highest BCUT2D eigenvalue weighted by Crippen LogP contribution is 2.34. The average Bonchev–Trinajstić information content (AvgIpc) is 3.33. The van der Waals surface area contributed by atoms with Crippen molar-refractivity contribution in [3.63, 3.8) is 0 Å². The fraction of sp³-hybridized carbons (Fsp3) is 0.222. The third-order valence-corrected chi connectivity index (χ3v) is 6.99. The number of rotatable bonds is 9. The first-order valence-electron chi connectivity index (χ1n) is 11.7. The number of hydrogen-bond donors (Lipinski definition) is 2. The van der Waals surface area contributed by atoms with Crippen LogP contribution in [0, 0.1) is 6.92 Å². The average molecular weight is 520 g/mol. The van der Waals surface area contributed by atoms with Crippen LogP contribution in [-0.4, -0.2) is 47.6 Å². The number of carbonyl (C=O) groups is 5. The summed E-state index contributed by atoms with van der Waals surface area (Å²) in [6.07, 6.45) is 0.232. The Hall–Kier alpha value is -4.31. The maximum Gasteiger partial charge on any atom is 0.341 e. The number of ether oxygens (including phenoxy) is 1. The van der Waals surface area contributed by atoms with Crippen molar-refractivity contribution in [3.05, 3.63) is 81.7 Å². The second-order valence-electron chi connectivity index (χ2n) is 8.26. The molecular weight excluding hydrogens is 494 g/mol. The van der Waals surface area contributed by atoms with Crippen molar-refractivity contribution in [3.8, 4) is 0 Å². The molecule has 0 spiro atoms. The van der Waals surface area contributed by atoms with Crippen molar-refractivity contribution >= 4 is 51.6 Å². The number of esters is 1. The molecule has 2 heterocycles. The van der Waals surface area contributed by atoms with Crippen LogP contribution in [0.25, 0.3) is 0 Å². The van der Waals surface area contributed by atoms with Gasteiger partial charge >= 0.3 is 5.97 Å². The molecule has 0 atom stereocenters. The van der Waals surface area contributed by atoms with E-state index in [9.17, 15) is 24.0 Å². The number of anilines is 2. The van der Waals surface area contributed by atoms with E-state index in [0.29, 0.717) is 22.4 Å². The predicted molar refractivity (Wildman–Crippen MR) is 139 cm³/mol. The zero-order valence-electron chi connectivity index (χ0n) is 20.3. The third kappa shape index (κ3) is 5.44. The Labute approximate surface area is 217 Å². The van der Waals surface area contributed by atoms with E-state index in [4.69, 9.17) is 4.74 Å². The number of imide groups is 1. The quantitative estimate of drug-likeness (QED) is 0.317. The summed E-state index contributed by atoms with van der Waals surface area (Å²) in [6, 6.07) is 15.5. The molecule has 3 aromatic rings. The monoisotopic (exact) mass is 519 g/mol. The van der Waals surface area contributed by atoms with Crippen molar-refractivity contribution in [2.75, 3.05) is 23.8 Å². The largest absolute Gasteiger partial charge is 0.462 e. The van der Waals surface area contributed by atoms with Crippen LogP contribution >= 0.6 is 11.3 Å². The summed E-state index contributed by atoms with van der Waals surface area (Å²) < 4.78 is 5.15. The maximum absolute atomic E-state index is 12.9. The van der Waals surface area contributed by atoms with Gasteiger partial charge in [0.15, 0.2) is 0 Å². The number of nitrogens with one attached hydrogen (secondary N) is 2. The van der Waals surface area contributed by atoms with Gasteiger partial charge in [-0.3, -0.25) is 24.1 Å². The van der Waals surface area contributed by atoms with Gasteiger partial charge in [-0.25, -0.2) is 4.79 Å². The van der Waals surface area contributed by atoms with E-state index >= 15 is 0 Å². The molecule has 4 amide bonds. The Bertz CT molecular complexity index is 1350. The molecule has 1 aromatic heterocycles. The van der Waals surface area contributed by atoms with Crippen LogP contribution < -0.4 is 10.6 Å². The first kappa shape index (κ1) is 25.8. The smallest absolute Gasteiger partial charge is 0.341 e. The van der Waals surface area contributed by atoms with Crippen molar-refractivity contribution < 1.29 is 28.7 Å². The standard InChI is InChI=1S/C27H25N3O6S/c1-3-36-27(35)21-16(2)22(23(32)28-17-10-5-4-6-11-17)37-24(21)29-20(31)14-9-15-30-25(33)18-12-7-8-13-19(18)26(30)34/h4-8,10-13H,3,9,14-15H2,1-2H3,(H,28,32)(H,29,31). The molecule has 0 fully saturated rings. The Morgan fingerprint density at radius 3 is 2.16 bits per heavy atom. The van der Waals surface area contributed by atoms with Crippen molar-refractivity contribution in [2.45, 2.75) is 26.7 Å². The van der Waals surface area contributed by atoms with Gasteiger partial charge in [0, 0.05) is 18.7 Å². The summed E-state index contributed by atoms with van der Waals surface area (Å²) in [6.45, 7) is 3.51. The van der Waals surface area contributed by atoms with Gasteiger partial charge in [-0.1, -0.05) is 30.3 Å². The molecule has 0 saturated heterocycles. The summed E-state index contributed by atoms with van der Waals surface area (Å²) in [4.78, 5) is 64.7. The molecule has 0 bridgehead atoms. The zero-order chi connectivity index (χ0) is 26.5. The number of benzene rings is 2. The molecule has 190 valence electrons. The second kappa shape index (κ2) is 11.2. The SMILES string of the molecule is CCOC(=O)c1c(NC(=O)CCCN2C(=O)c3ccccc3C2=O)sc(C(=O)Nc2ccccc2)c1C. The summed E-state index contributed by atoms with van der Waals surface area (Å²) in [7, 11) is 0. The molecule has 0 aliphatic carbocycles. The van der Waals surface area contributed by atoms with Crippen molar-refractivity contribution in [1.29, 1.82) is 0 Å². The number of hydrogen-bond acceptors (Lipinski definition) is 7. The van der Waals surface area contributed by atoms with Crippen LogP contribution in [0.4, 0.5) is 10.7 Å². The molecule has 37 heavy (non-hydrogen) atoms. The van der Waals surface area contributed by atoms with E-state index in [1.54, 1.807) is 62.4 Å². The normalized spacial score (nSPS) is 12.3. The minimum absolute atomic E-state index is 0.00182. The van der Waals surface area contributed by atoms with Crippen LogP contribution in [0.3, 0.4) is 0 Å². The van der Waals surface area contributed by atoms with Crippen molar-refractivity contribution in [2.24, 2.45) is 0 Å². The Kier molecular flexibility index (Phi) is 7.78. The van der Waals surface area contributed by atoms with Crippen LogP contribution in [0.2, 0.25) is 0 Å². The Morgan fingerprint density at radius 1 is 0.919 bits per heavy atom. The Balaban J connectivity index is 1.44. The topological polar surface area (TPSA) is 122 Å². The van der Waals surface area contributed by atoms with Gasteiger partial charge in [-0.05, 0) is 50.1 Å². The number of carbonyl (C=O) groups excluding carboxylic acids is 5. The maximum atomic E-state index is 12.9. The summed E-state index contributed by atoms with van der Waals surface area (Å²) in [5.41, 5.74) is 1.83. The van der Waals surface area contributed by atoms with Gasteiger partial charge in [0.1, 0.15) is 5.00 Å². The number of amides is 4. The fourth-order valence-electron chi connectivity index (χ4n) is 4.01. The highest BCUT2D eigenvalue weighted by molar-refractivity contribution is 7.18. The summed E-state index contributed by atoms with van der Waals surface area (Å²) in [5.74, 6) is -2.23. The van der Waals surface area contributed by atoms with E-state index in [1.165, 1.54) is 0 Å². The van der Waals surface area contributed by atoms with Crippen LogP contribution in [0.5, 0.6) is 0 Å². The van der Waals surface area contributed by atoms with E-state index in [2.05, 4.69) is 10.6 Å². The molecule has 4 rings (SSSR count). The minimum Gasteiger partial charge on any atom is -0.462 e. The highest BCUT2D eigenvalue weighted by atomic mass is 32.1. The second-order valence-corrected chi connectivity index (χ2v) is 9.28. The van der Waals surface area contributed by atoms with Gasteiger partial charge in [-0.2, -0.15) is 0 Å². The molecule has 0 radical (unpaired) electrons. The minimum atomic E-state index is -0.642. The van der Waals surface area contributed by atoms with E-state index < -0.39 is 17.8 Å². The van der Waals surface area contributed by atoms with Crippen LogP contribution in [-0.2, 0) is 9.53 Å². The van der Waals surface area contributed by atoms with Crippen molar-refractivity contribution in [1.82, 2.24) is 4.90 Å². The van der Waals surface area contributed by atoms with E-state index in [1.807, 2.05) is 6.07 Å². The lowest BCUT2D eigenvalue weighted by Gasteiger charge is -2.13. The van der Waals surface area contributed by atoms with Gasteiger partial charge in [0.2, 0.25) is 5.91 Å². The molecule has 1 aliphatic rings. The molecule has 2 aromatic carbocycles. The van der Waals surface area contributed by atoms with Gasteiger partial charge < -0.3 is 15.4 Å². The predicted octanol–water partition coefficient (Wildman–Crippen LogP) is 4.50. The van der Waals surface area contributed by atoms with E-state index in [-0.39, 0.29) is 53.2 Å². The number of para-hydroxylation sites is 1. The lowest BCUT2D eigenvalue weighted by molar-refractivity contribution is -0.116. The molecule has 1 aliphatic heterocycles. The molecule has 0 unspecified atom stereocenters. The van der Waals surface area contributed by atoms with Gasteiger partial charge in [0.25, 0.3) is 17.7 Å². The summed E-state index contributed by atoms with van der Waals surface area (Å²) >= 11 is 0.984. The lowest BCUT2D eigenvalue weighted by Crippen LogP contribution is -2.31. The third-order valence-electron chi connectivity index (χ3n) is 5.78. The van der Waals surface area contributed by atoms with E-state index in [0.717, 1.165) is 16.2 Å². The lowest BCUT2D eigenvalue weighted by atomic mass is 10.1. The van der Waals surface area contributed by atoms with Gasteiger partial charge in [-0.15, -0.1) is 11.3 Å². The van der Waals surface area contributed by atoms with Gasteiger partial charge in [0.05, 0.1) is 28.2 Å². The zero-order valence-corrected chi connectivity index (χ0v) is 21.1. The molecule has 2 N–H and O–H groups in total. The first-order chi connectivity index (χ1) is 17.8. The number of thiophene rings is 1.